The molecule has 1 N–H and O–H groups in total. The first-order valence-electron chi connectivity index (χ1n) is 12.1. The minimum Gasteiger partial charge on any atom is -0.372 e. The molecule has 2 aromatic carbocycles. The van der Waals surface area contributed by atoms with Gasteiger partial charge < -0.3 is 10.2 Å². The highest BCUT2D eigenvalue weighted by atomic mass is 32.2. The number of thioether (sulfide) groups is 1. The smallest absolute Gasteiger partial charge is 0.255 e. The molecule has 7 nitrogen and oxygen atoms in total. The van der Waals surface area contributed by atoms with Crippen molar-refractivity contribution >= 4 is 34.8 Å². The van der Waals surface area contributed by atoms with Crippen molar-refractivity contribution in [3.63, 3.8) is 0 Å². The van der Waals surface area contributed by atoms with Gasteiger partial charge in [-0.1, -0.05) is 42.8 Å². The van der Waals surface area contributed by atoms with E-state index >= 15 is 0 Å². The molecule has 3 heterocycles. The van der Waals surface area contributed by atoms with Gasteiger partial charge in [0.25, 0.3) is 11.7 Å². The maximum absolute atomic E-state index is 13.1. The molecule has 4 aromatic rings. The molecule has 0 saturated carbocycles. The molecule has 5 rings (SSSR count). The van der Waals surface area contributed by atoms with Gasteiger partial charge in [-0.2, -0.15) is 4.98 Å². The first-order chi connectivity index (χ1) is 17.1. The Bertz CT molecular complexity index is 1330. The van der Waals surface area contributed by atoms with Crippen molar-refractivity contribution in [2.45, 2.75) is 50.4 Å². The molecule has 1 amide bonds. The Morgan fingerprint density at radius 3 is 2.49 bits per heavy atom. The maximum Gasteiger partial charge on any atom is 0.255 e. The molecule has 1 fully saturated rings. The summed E-state index contributed by atoms with van der Waals surface area (Å²) in [6.45, 7) is 6.15. The number of nitrogens with one attached hydrogen (secondary N) is 1. The van der Waals surface area contributed by atoms with Gasteiger partial charge in [-0.25, -0.2) is 9.50 Å². The highest BCUT2D eigenvalue weighted by Crippen LogP contribution is 2.25. The van der Waals surface area contributed by atoms with Gasteiger partial charge >= 0.3 is 0 Å². The average molecular weight is 487 g/mol. The SMILES string of the molecule is Cc1cc(C)n2nc(SCc3ccccc3C(=O)Nc3ccc(N4CCCCCC4)cc3)nc2n1. The minimum atomic E-state index is -0.111. The Hall–Kier alpha value is -3.39. The van der Waals surface area contributed by atoms with Crippen molar-refractivity contribution in [1.82, 2.24) is 19.6 Å². The first kappa shape index (κ1) is 23.4. The van der Waals surface area contributed by atoms with Crippen LogP contribution < -0.4 is 10.2 Å². The predicted octanol–water partition coefficient (Wildman–Crippen LogP) is 5.67. The number of anilines is 2. The van der Waals surface area contributed by atoms with E-state index in [-0.39, 0.29) is 5.91 Å². The molecule has 8 heteroatoms. The van der Waals surface area contributed by atoms with Crippen LogP contribution in [0.4, 0.5) is 11.4 Å². The summed E-state index contributed by atoms with van der Waals surface area (Å²) in [5.41, 5.74) is 5.53. The number of aromatic nitrogens is 4. The topological polar surface area (TPSA) is 75.4 Å². The molecule has 2 aromatic heterocycles. The second-order valence-electron chi connectivity index (χ2n) is 8.99. The fraction of sp³-hybridized carbons (Fsp3) is 0.333. The lowest BCUT2D eigenvalue weighted by molar-refractivity contribution is 0.102. The molecular weight excluding hydrogens is 456 g/mol. The molecule has 0 unspecified atom stereocenters. The molecule has 0 bridgehead atoms. The normalized spacial score (nSPS) is 14.2. The predicted molar refractivity (Wildman–Crippen MR) is 141 cm³/mol. The van der Waals surface area contributed by atoms with E-state index < -0.39 is 0 Å². The van der Waals surface area contributed by atoms with E-state index in [4.69, 9.17) is 0 Å². The van der Waals surface area contributed by atoms with Crippen LogP contribution in [0.15, 0.2) is 59.8 Å². The van der Waals surface area contributed by atoms with E-state index in [1.807, 2.05) is 56.3 Å². The van der Waals surface area contributed by atoms with Crippen LogP contribution in [0.5, 0.6) is 0 Å². The molecule has 0 aliphatic carbocycles. The van der Waals surface area contributed by atoms with Crippen LogP contribution in [-0.2, 0) is 5.75 Å². The van der Waals surface area contributed by atoms with Crippen LogP contribution in [0.25, 0.3) is 5.78 Å². The number of carbonyl (C=O) groups excluding carboxylic acids is 1. The van der Waals surface area contributed by atoms with Gasteiger partial charge in [-0.3, -0.25) is 4.79 Å². The van der Waals surface area contributed by atoms with Gasteiger partial charge in [0, 0.05) is 47.2 Å². The highest BCUT2D eigenvalue weighted by molar-refractivity contribution is 7.98. The van der Waals surface area contributed by atoms with E-state index in [1.165, 1.54) is 43.1 Å². The van der Waals surface area contributed by atoms with E-state index in [0.717, 1.165) is 35.7 Å². The van der Waals surface area contributed by atoms with Gasteiger partial charge in [0.15, 0.2) is 0 Å². The summed E-state index contributed by atoms with van der Waals surface area (Å²) in [4.78, 5) is 24.6. The van der Waals surface area contributed by atoms with Crippen molar-refractivity contribution in [3.8, 4) is 0 Å². The molecule has 0 spiro atoms. The van der Waals surface area contributed by atoms with E-state index in [2.05, 4.69) is 37.4 Å². The maximum atomic E-state index is 13.1. The van der Waals surface area contributed by atoms with Gasteiger partial charge in [-0.15, -0.1) is 5.10 Å². The number of benzene rings is 2. The average Bonchev–Trinajstić information content (AvgIpc) is 3.08. The van der Waals surface area contributed by atoms with E-state index in [0.29, 0.717) is 22.3 Å². The lowest BCUT2D eigenvalue weighted by atomic mass is 10.1. The Balaban J connectivity index is 1.26. The Labute approximate surface area is 210 Å². The lowest BCUT2D eigenvalue weighted by Gasteiger charge is -2.22. The third-order valence-corrected chi connectivity index (χ3v) is 7.20. The summed E-state index contributed by atoms with van der Waals surface area (Å²) in [7, 11) is 0. The van der Waals surface area contributed by atoms with Crippen molar-refractivity contribution in [2.75, 3.05) is 23.3 Å². The van der Waals surface area contributed by atoms with Gasteiger partial charge in [-0.05, 0) is 68.7 Å². The number of rotatable bonds is 6. The van der Waals surface area contributed by atoms with Crippen molar-refractivity contribution in [2.24, 2.45) is 0 Å². The van der Waals surface area contributed by atoms with Crippen LogP contribution in [0.2, 0.25) is 0 Å². The summed E-state index contributed by atoms with van der Waals surface area (Å²) in [5.74, 6) is 1.08. The number of nitrogens with zero attached hydrogens (tertiary/aromatic N) is 5. The summed E-state index contributed by atoms with van der Waals surface area (Å²) in [5, 5.41) is 8.27. The lowest BCUT2D eigenvalue weighted by Crippen LogP contribution is -2.23. The molecule has 0 atom stereocenters. The summed E-state index contributed by atoms with van der Waals surface area (Å²) in [6, 6.07) is 17.9. The third kappa shape index (κ3) is 5.48. The van der Waals surface area contributed by atoms with Crippen molar-refractivity contribution in [3.05, 3.63) is 77.1 Å². The van der Waals surface area contributed by atoms with E-state index in [1.54, 1.807) is 4.52 Å². The Kier molecular flexibility index (Phi) is 6.99. The van der Waals surface area contributed by atoms with Crippen LogP contribution in [0.1, 0.15) is 53.0 Å². The zero-order valence-corrected chi connectivity index (χ0v) is 21.0. The van der Waals surface area contributed by atoms with Gasteiger partial charge in [0.05, 0.1) is 0 Å². The zero-order valence-electron chi connectivity index (χ0n) is 20.2. The van der Waals surface area contributed by atoms with Gasteiger partial charge in [0.1, 0.15) is 0 Å². The summed E-state index contributed by atoms with van der Waals surface area (Å²) in [6.07, 6.45) is 5.11. The molecule has 0 radical (unpaired) electrons. The second kappa shape index (κ2) is 10.5. The molecule has 1 aliphatic rings. The van der Waals surface area contributed by atoms with Crippen LogP contribution >= 0.6 is 11.8 Å². The standard InChI is InChI=1S/C27H30N6OS/c1-19-17-20(2)33-26(28-19)30-27(31-33)35-18-21-9-5-6-10-24(21)25(34)29-22-11-13-23(14-12-22)32-15-7-3-4-8-16-32/h5-6,9-14,17H,3-4,7-8,15-16,18H2,1-2H3,(H,29,34). The Morgan fingerprint density at radius 1 is 0.971 bits per heavy atom. The van der Waals surface area contributed by atoms with Crippen LogP contribution in [0.3, 0.4) is 0 Å². The number of fused-ring (bicyclic) bond motifs is 1. The number of aryl methyl sites for hydroxylation is 2. The summed E-state index contributed by atoms with van der Waals surface area (Å²) < 4.78 is 1.75. The van der Waals surface area contributed by atoms with Gasteiger partial charge in [0.2, 0.25) is 5.16 Å². The largest absolute Gasteiger partial charge is 0.372 e. The quantitative estimate of drug-likeness (QED) is 0.354. The molecule has 1 aliphatic heterocycles. The highest BCUT2D eigenvalue weighted by Gasteiger charge is 2.15. The second-order valence-corrected chi connectivity index (χ2v) is 9.94. The van der Waals surface area contributed by atoms with Crippen LogP contribution in [-0.4, -0.2) is 38.6 Å². The number of carbonyl (C=O) groups is 1. The number of hydrogen-bond donors (Lipinski definition) is 1. The van der Waals surface area contributed by atoms with Crippen molar-refractivity contribution in [1.29, 1.82) is 0 Å². The first-order valence-corrected chi connectivity index (χ1v) is 13.1. The number of hydrogen-bond acceptors (Lipinski definition) is 6. The molecule has 1 saturated heterocycles. The van der Waals surface area contributed by atoms with Crippen molar-refractivity contribution < 1.29 is 4.79 Å². The Morgan fingerprint density at radius 2 is 1.71 bits per heavy atom. The molecular formula is C27H30N6OS. The fourth-order valence-electron chi connectivity index (χ4n) is 4.50. The minimum absolute atomic E-state index is 0.111. The molecule has 35 heavy (non-hydrogen) atoms. The third-order valence-electron chi connectivity index (χ3n) is 6.31. The van der Waals surface area contributed by atoms with Crippen LogP contribution in [0, 0.1) is 13.8 Å². The number of amides is 1. The fourth-order valence-corrected chi connectivity index (χ4v) is 5.32. The summed E-state index contributed by atoms with van der Waals surface area (Å²) >= 11 is 1.50. The zero-order chi connectivity index (χ0) is 24.2. The van der Waals surface area contributed by atoms with E-state index in [9.17, 15) is 4.79 Å². The monoisotopic (exact) mass is 486 g/mol. The molecule has 180 valence electrons.